The summed E-state index contributed by atoms with van der Waals surface area (Å²) in [6.07, 6.45) is 3.41. The molecule has 172 valence electrons. The molecule has 1 aliphatic heterocycles. The second-order valence-electron chi connectivity index (χ2n) is 7.87. The van der Waals surface area contributed by atoms with Gasteiger partial charge in [-0.3, -0.25) is 9.59 Å². The Hall–Kier alpha value is -2.71. The SMILES string of the molecule is CCCC(NC(=O)COC(=O)C1CCCCN1S(=O)(=O)c1ccccc1)c1ccccc1. The molecule has 1 saturated heterocycles. The third-order valence-electron chi connectivity index (χ3n) is 5.54. The van der Waals surface area contributed by atoms with Crippen molar-refractivity contribution in [3.05, 3.63) is 66.2 Å². The van der Waals surface area contributed by atoms with Crippen LogP contribution in [-0.2, 0) is 24.3 Å². The fraction of sp³-hybridized carbons (Fsp3) is 0.417. The van der Waals surface area contributed by atoms with E-state index in [1.165, 1.54) is 16.4 Å². The molecule has 1 heterocycles. The van der Waals surface area contributed by atoms with Crippen LogP contribution in [0.5, 0.6) is 0 Å². The van der Waals surface area contributed by atoms with Gasteiger partial charge in [0.2, 0.25) is 10.0 Å². The van der Waals surface area contributed by atoms with Gasteiger partial charge in [0.15, 0.2) is 6.61 Å². The number of hydrogen-bond acceptors (Lipinski definition) is 5. The maximum Gasteiger partial charge on any atom is 0.324 e. The first-order valence-electron chi connectivity index (χ1n) is 11.0. The first-order chi connectivity index (χ1) is 15.4. The van der Waals surface area contributed by atoms with Crippen LogP contribution in [0.4, 0.5) is 0 Å². The van der Waals surface area contributed by atoms with Gasteiger partial charge in [0.05, 0.1) is 10.9 Å². The third-order valence-corrected chi connectivity index (χ3v) is 7.46. The van der Waals surface area contributed by atoms with E-state index in [2.05, 4.69) is 5.32 Å². The molecular weight excluding hydrogens is 428 g/mol. The predicted octanol–water partition coefficient (Wildman–Crippen LogP) is 3.43. The number of hydrogen-bond donors (Lipinski definition) is 1. The normalized spacial score (nSPS) is 18.0. The summed E-state index contributed by atoms with van der Waals surface area (Å²) in [6, 6.07) is 16.6. The van der Waals surface area contributed by atoms with Crippen molar-refractivity contribution in [2.75, 3.05) is 13.2 Å². The van der Waals surface area contributed by atoms with Gasteiger partial charge in [-0.25, -0.2) is 8.42 Å². The Morgan fingerprint density at radius 1 is 1.06 bits per heavy atom. The Bertz CT molecular complexity index is 996. The van der Waals surface area contributed by atoms with Gasteiger partial charge in [0.25, 0.3) is 5.91 Å². The van der Waals surface area contributed by atoms with E-state index in [1.54, 1.807) is 18.2 Å². The largest absolute Gasteiger partial charge is 0.454 e. The van der Waals surface area contributed by atoms with Gasteiger partial charge < -0.3 is 10.1 Å². The highest BCUT2D eigenvalue weighted by atomic mass is 32.2. The monoisotopic (exact) mass is 458 g/mol. The maximum absolute atomic E-state index is 13.1. The summed E-state index contributed by atoms with van der Waals surface area (Å²) in [7, 11) is -3.83. The molecule has 1 aliphatic rings. The number of nitrogens with zero attached hydrogens (tertiary/aromatic N) is 1. The zero-order chi connectivity index (χ0) is 23.0. The number of amides is 1. The molecule has 1 amide bonds. The van der Waals surface area contributed by atoms with Gasteiger partial charge in [0.1, 0.15) is 6.04 Å². The third kappa shape index (κ3) is 5.95. The number of ether oxygens (including phenoxy) is 1. The van der Waals surface area contributed by atoms with Crippen LogP contribution >= 0.6 is 0 Å². The quantitative estimate of drug-likeness (QED) is 0.581. The summed E-state index contributed by atoms with van der Waals surface area (Å²) in [5, 5.41) is 2.91. The number of carbonyl (C=O) groups is 2. The highest BCUT2D eigenvalue weighted by Crippen LogP contribution is 2.26. The van der Waals surface area contributed by atoms with Crippen LogP contribution in [0.3, 0.4) is 0 Å². The van der Waals surface area contributed by atoms with Crippen molar-refractivity contribution in [1.82, 2.24) is 9.62 Å². The minimum Gasteiger partial charge on any atom is -0.454 e. The molecule has 0 saturated carbocycles. The zero-order valence-corrected chi connectivity index (χ0v) is 19.1. The van der Waals surface area contributed by atoms with E-state index in [-0.39, 0.29) is 17.5 Å². The summed E-state index contributed by atoms with van der Waals surface area (Å²) >= 11 is 0. The van der Waals surface area contributed by atoms with Crippen molar-refractivity contribution in [2.45, 2.75) is 56.0 Å². The lowest BCUT2D eigenvalue weighted by Gasteiger charge is -2.33. The lowest BCUT2D eigenvalue weighted by Crippen LogP contribution is -2.49. The molecule has 32 heavy (non-hydrogen) atoms. The number of nitrogens with one attached hydrogen (secondary N) is 1. The van der Waals surface area contributed by atoms with Gasteiger partial charge in [0, 0.05) is 6.54 Å². The van der Waals surface area contributed by atoms with E-state index >= 15 is 0 Å². The number of rotatable bonds is 9. The van der Waals surface area contributed by atoms with E-state index in [1.807, 2.05) is 37.3 Å². The van der Waals surface area contributed by atoms with Crippen molar-refractivity contribution in [2.24, 2.45) is 0 Å². The first kappa shape index (κ1) is 23.9. The van der Waals surface area contributed by atoms with Crippen LogP contribution in [-0.4, -0.2) is 43.8 Å². The van der Waals surface area contributed by atoms with Crippen LogP contribution < -0.4 is 5.32 Å². The van der Waals surface area contributed by atoms with E-state index in [0.717, 1.165) is 24.8 Å². The van der Waals surface area contributed by atoms with Crippen molar-refractivity contribution < 1.29 is 22.7 Å². The number of esters is 1. The molecule has 0 aromatic heterocycles. The topological polar surface area (TPSA) is 92.8 Å². The molecule has 2 atom stereocenters. The number of sulfonamides is 1. The molecule has 1 fully saturated rings. The smallest absolute Gasteiger partial charge is 0.324 e. The summed E-state index contributed by atoms with van der Waals surface area (Å²) in [6.45, 7) is 1.84. The van der Waals surface area contributed by atoms with Crippen molar-refractivity contribution in [1.29, 1.82) is 0 Å². The van der Waals surface area contributed by atoms with Gasteiger partial charge in [-0.1, -0.05) is 61.9 Å². The van der Waals surface area contributed by atoms with Gasteiger partial charge in [-0.2, -0.15) is 4.31 Å². The number of carbonyl (C=O) groups excluding carboxylic acids is 2. The minimum absolute atomic E-state index is 0.141. The van der Waals surface area contributed by atoms with E-state index in [4.69, 9.17) is 4.74 Å². The molecule has 2 aromatic carbocycles. The standard InChI is InChI=1S/C24H30N2O5S/c1-2-11-21(19-12-5-3-6-13-19)25-23(27)18-31-24(28)22-16-9-10-17-26(22)32(29,30)20-14-7-4-8-15-20/h3-8,12-15,21-22H,2,9-11,16-18H2,1H3,(H,25,27). The fourth-order valence-electron chi connectivity index (χ4n) is 3.92. The summed E-state index contributed by atoms with van der Waals surface area (Å²) < 4.78 is 32.6. The molecule has 0 bridgehead atoms. The van der Waals surface area contributed by atoms with Crippen LogP contribution in [0.25, 0.3) is 0 Å². The molecule has 3 rings (SSSR count). The van der Waals surface area contributed by atoms with Gasteiger partial charge in [-0.05, 0) is 43.4 Å². The Balaban J connectivity index is 1.63. The Kier molecular flexibility index (Phi) is 8.41. The molecule has 7 nitrogen and oxygen atoms in total. The average molecular weight is 459 g/mol. The van der Waals surface area contributed by atoms with Crippen molar-refractivity contribution in [3.8, 4) is 0 Å². The fourth-order valence-corrected chi connectivity index (χ4v) is 5.59. The van der Waals surface area contributed by atoms with E-state index in [0.29, 0.717) is 12.8 Å². The van der Waals surface area contributed by atoms with Gasteiger partial charge >= 0.3 is 5.97 Å². The molecule has 0 aliphatic carbocycles. The molecule has 0 radical (unpaired) electrons. The second-order valence-corrected chi connectivity index (χ2v) is 9.76. The highest BCUT2D eigenvalue weighted by Gasteiger charge is 2.38. The summed E-state index contributed by atoms with van der Waals surface area (Å²) in [5.74, 6) is -1.10. The number of piperidine rings is 1. The molecule has 1 N–H and O–H groups in total. The van der Waals surface area contributed by atoms with Crippen molar-refractivity contribution in [3.63, 3.8) is 0 Å². The lowest BCUT2D eigenvalue weighted by molar-refractivity contribution is -0.153. The predicted molar refractivity (Wildman–Crippen MR) is 121 cm³/mol. The lowest BCUT2D eigenvalue weighted by atomic mass is 10.0. The minimum atomic E-state index is -3.83. The summed E-state index contributed by atoms with van der Waals surface area (Å²) in [5.41, 5.74) is 0.987. The maximum atomic E-state index is 13.1. The average Bonchev–Trinajstić information content (AvgIpc) is 2.83. The zero-order valence-electron chi connectivity index (χ0n) is 18.3. The van der Waals surface area contributed by atoms with E-state index in [9.17, 15) is 18.0 Å². The second kappa shape index (κ2) is 11.2. The number of benzene rings is 2. The molecule has 0 spiro atoms. The van der Waals surface area contributed by atoms with E-state index < -0.39 is 34.5 Å². The van der Waals surface area contributed by atoms with Crippen LogP contribution in [0.2, 0.25) is 0 Å². The Morgan fingerprint density at radius 2 is 1.72 bits per heavy atom. The van der Waals surface area contributed by atoms with Crippen molar-refractivity contribution >= 4 is 21.9 Å². The Morgan fingerprint density at radius 3 is 2.38 bits per heavy atom. The molecule has 2 unspecified atom stereocenters. The van der Waals surface area contributed by atoms with Crippen LogP contribution in [0.15, 0.2) is 65.6 Å². The molecule has 2 aromatic rings. The molecular formula is C24H30N2O5S. The highest BCUT2D eigenvalue weighted by molar-refractivity contribution is 7.89. The summed E-state index contributed by atoms with van der Waals surface area (Å²) in [4.78, 5) is 25.4. The molecule has 8 heteroatoms. The van der Waals surface area contributed by atoms with Gasteiger partial charge in [-0.15, -0.1) is 0 Å². The van der Waals surface area contributed by atoms with Crippen LogP contribution in [0, 0.1) is 0 Å². The Labute approximate surface area is 189 Å². The van der Waals surface area contributed by atoms with Crippen LogP contribution in [0.1, 0.15) is 50.6 Å². The first-order valence-corrected chi connectivity index (χ1v) is 12.5.